The maximum Gasteiger partial charge on any atom is 0.387 e. The molecule has 26 heavy (non-hydrogen) atoms. The molecular weight excluding hydrogens is 483 g/mol. The van der Waals surface area contributed by atoms with Crippen molar-refractivity contribution in [2.24, 2.45) is 5.92 Å². The molecule has 0 aliphatic heterocycles. The van der Waals surface area contributed by atoms with Gasteiger partial charge in [0.15, 0.2) is 11.5 Å². The SMILES string of the molecule is CC(C)C(C#CSI)c1ccc2cc(OC(F)F)c(OC(F)F)cc2c1. The minimum atomic E-state index is -3.15. The fourth-order valence-corrected chi connectivity index (χ4v) is 3.12. The summed E-state index contributed by atoms with van der Waals surface area (Å²) in [5.41, 5.74) is 0.913. The average molecular weight is 498 g/mol. The zero-order valence-electron chi connectivity index (χ0n) is 13.8. The summed E-state index contributed by atoms with van der Waals surface area (Å²) in [7, 11) is 1.38. The fraction of sp³-hybridized carbons (Fsp3) is 0.333. The van der Waals surface area contributed by atoms with Crippen LogP contribution in [0.3, 0.4) is 0 Å². The first kappa shape index (κ1) is 21.0. The van der Waals surface area contributed by atoms with E-state index in [1.165, 1.54) is 21.1 Å². The minimum Gasteiger partial charge on any atom is -0.431 e. The molecule has 2 aromatic rings. The van der Waals surface area contributed by atoms with Gasteiger partial charge in [0, 0.05) is 27.1 Å². The molecule has 1 unspecified atom stereocenters. The van der Waals surface area contributed by atoms with Gasteiger partial charge in [-0.15, -0.1) is 0 Å². The van der Waals surface area contributed by atoms with Gasteiger partial charge in [-0.2, -0.15) is 17.6 Å². The quantitative estimate of drug-likeness (QED) is 0.247. The summed E-state index contributed by atoms with van der Waals surface area (Å²) < 4.78 is 58.9. The Hall–Kier alpha value is -1.34. The summed E-state index contributed by atoms with van der Waals surface area (Å²) in [6.45, 7) is -2.22. The van der Waals surface area contributed by atoms with Crippen molar-refractivity contribution in [2.75, 3.05) is 0 Å². The Kier molecular flexibility index (Phi) is 7.70. The normalized spacial score (nSPS) is 12.4. The van der Waals surface area contributed by atoms with Crippen molar-refractivity contribution in [1.29, 1.82) is 0 Å². The number of rotatable bonds is 6. The second kappa shape index (κ2) is 9.55. The molecule has 0 aromatic heterocycles. The van der Waals surface area contributed by atoms with Gasteiger partial charge in [-0.05, 0) is 54.6 Å². The Labute approximate surface area is 165 Å². The summed E-state index contributed by atoms with van der Waals surface area (Å²) in [5, 5.41) is 4.12. The fourth-order valence-electron chi connectivity index (χ4n) is 2.56. The molecule has 2 aromatic carbocycles. The summed E-state index contributed by atoms with van der Waals surface area (Å²) >= 11 is 2.09. The van der Waals surface area contributed by atoms with Crippen LogP contribution in [0, 0.1) is 17.1 Å². The number of ether oxygens (including phenoxy) is 2. The van der Waals surface area contributed by atoms with Crippen molar-refractivity contribution < 1.29 is 27.0 Å². The molecule has 0 fully saturated rings. The van der Waals surface area contributed by atoms with Crippen molar-refractivity contribution in [3.05, 3.63) is 35.9 Å². The lowest BCUT2D eigenvalue weighted by atomic mass is 9.88. The van der Waals surface area contributed by atoms with Gasteiger partial charge in [0.1, 0.15) is 0 Å². The van der Waals surface area contributed by atoms with Gasteiger partial charge in [-0.3, -0.25) is 0 Å². The molecule has 0 saturated carbocycles. The molecule has 2 rings (SSSR count). The molecule has 0 saturated heterocycles. The van der Waals surface area contributed by atoms with Gasteiger partial charge in [0.2, 0.25) is 0 Å². The molecule has 0 aliphatic rings. The predicted molar refractivity (Wildman–Crippen MR) is 104 cm³/mol. The molecule has 2 nitrogen and oxygen atoms in total. The molecule has 1 atom stereocenters. The van der Waals surface area contributed by atoms with Crippen LogP contribution in [-0.4, -0.2) is 13.2 Å². The molecule has 0 amide bonds. The van der Waals surface area contributed by atoms with E-state index in [0.717, 1.165) is 5.56 Å². The molecular formula is C18H15F4IO2S. The summed E-state index contributed by atoms with van der Waals surface area (Å²) in [5.74, 6) is 2.50. The van der Waals surface area contributed by atoms with Crippen molar-refractivity contribution in [3.8, 4) is 22.7 Å². The molecule has 140 valence electrons. The Bertz CT molecular complexity index is 818. The first-order chi connectivity index (χ1) is 12.3. The smallest absolute Gasteiger partial charge is 0.387 e. The van der Waals surface area contributed by atoms with Crippen LogP contribution in [0.4, 0.5) is 17.6 Å². The van der Waals surface area contributed by atoms with E-state index in [-0.39, 0.29) is 11.8 Å². The third kappa shape index (κ3) is 5.58. The van der Waals surface area contributed by atoms with E-state index in [9.17, 15) is 17.6 Å². The van der Waals surface area contributed by atoms with E-state index in [1.807, 2.05) is 19.9 Å². The number of halogens is 5. The minimum absolute atomic E-state index is 0.0434. The highest BCUT2D eigenvalue weighted by Crippen LogP contribution is 2.36. The lowest BCUT2D eigenvalue weighted by Crippen LogP contribution is -2.08. The van der Waals surface area contributed by atoms with Crippen LogP contribution >= 0.6 is 30.1 Å². The van der Waals surface area contributed by atoms with Crippen molar-refractivity contribution in [2.45, 2.75) is 33.0 Å². The second-order valence-corrected chi connectivity index (χ2v) is 7.39. The van der Waals surface area contributed by atoms with Crippen LogP contribution < -0.4 is 9.47 Å². The molecule has 0 heterocycles. The highest BCUT2D eigenvalue weighted by atomic mass is 127. The van der Waals surface area contributed by atoms with Crippen LogP contribution in [0.5, 0.6) is 11.5 Å². The molecule has 0 spiro atoms. The third-order valence-electron chi connectivity index (χ3n) is 3.64. The van der Waals surface area contributed by atoms with Gasteiger partial charge in [-0.1, -0.05) is 31.9 Å². The zero-order chi connectivity index (χ0) is 19.3. The second-order valence-electron chi connectivity index (χ2n) is 5.71. The number of benzene rings is 2. The van der Waals surface area contributed by atoms with E-state index in [0.29, 0.717) is 10.8 Å². The van der Waals surface area contributed by atoms with Crippen LogP contribution in [0.25, 0.3) is 10.8 Å². The van der Waals surface area contributed by atoms with E-state index >= 15 is 0 Å². The summed E-state index contributed by atoms with van der Waals surface area (Å²) in [6.07, 6.45) is 0. The van der Waals surface area contributed by atoms with Gasteiger partial charge < -0.3 is 9.47 Å². The third-order valence-corrected chi connectivity index (χ3v) is 4.49. The zero-order valence-corrected chi connectivity index (χ0v) is 16.8. The van der Waals surface area contributed by atoms with Crippen molar-refractivity contribution in [3.63, 3.8) is 0 Å². The first-order valence-corrected chi connectivity index (χ1v) is 10.9. The van der Waals surface area contributed by atoms with Gasteiger partial charge in [-0.25, -0.2) is 0 Å². The average Bonchev–Trinajstić information content (AvgIpc) is 2.54. The van der Waals surface area contributed by atoms with Gasteiger partial charge >= 0.3 is 13.2 Å². The lowest BCUT2D eigenvalue weighted by molar-refractivity contribution is -0.0690. The lowest BCUT2D eigenvalue weighted by Gasteiger charge is -2.17. The number of fused-ring (bicyclic) bond motifs is 1. The number of hydrogen-bond donors (Lipinski definition) is 0. The van der Waals surface area contributed by atoms with Crippen LogP contribution in [-0.2, 0) is 0 Å². The standard InChI is InChI=1S/C18H15F4IO2S/c1-10(2)14(5-6-26-23)12-4-3-11-8-15(24-17(19)20)16(25-18(21)22)9-13(11)7-12/h3-4,7-10,14,17-18H,1-2H3. The monoisotopic (exact) mass is 498 g/mol. The molecule has 8 heteroatoms. The van der Waals surface area contributed by atoms with Crippen molar-refractivity contribution >= 4 is 40.9 Å². The Morgan fingerprint density at radius 2 is 1.50 bits per heavy atom. The molecule has 0 radical (unpaired) electrons. The van der Waals surface area contributed by atoms with E-state index in [4.69, 9.17) is 0 Å². The van der Waals surface area contributed by atoms with Gasteiger partial charge in [0.05, 0.1) is 0 Å². The Morgan fingerprint density at radius 3 is 2.00 bits per heavy atom. The van der Waals surface area contributed by atoms with E-state index < -0.39 is 24.7 Å². The molecule has 0 aliphatic carbocycles. The first-order valence-electron chi connectivity index (χ1n) is 7.57. The maximum absolute atomic E-state index is 12.6. The van der Waals surface area contributed by atoms with E-state index in [2.05, 4.69) is 41.9 Å². The maximum atomic E-state index is 12.6. The van der Waals surface area contributed by atoms with Crippen molar-refractivity contribution in [1.82, 2.24) is 0 Å². The summed E-state index contributed by atoms with van der Waals surface area (Å²) in [6, 6.07) is 7.92. The highest BCUT2D eigenvalue weighted by Gasteiger charge is 2.18. The van der Waals surface area contributed by atoms with Crippen LogP contribution in [0.2, 0.25) is 0 Å². The molecule has 0 N–H and O–H groups in total. The highest BCUT2D eigenvalue weighted by molar-refractivity contribution is 14.2. The topological polar surface area (TPSA) is 18.5 Å². The van der Waals surface area contributed by atoms with E-state index in [1.54, 1.807) is 12.1 Å². The number of alkyl halides is 4. The van der Waals surface area contributed by atoms with Crippen LogP contribution in [0.15, 0.2) is 30.3 Å². The number of hydrogen-bond acceptors (Lipinski definition) is 3. The Balaban J connectivity index is 2.53. The Morgan fingerprint density at radius 1 is 0.923 bits per heavy atom. The largest absolute Gasteiger partial charge is 0.431 e. The van der Waals surface area contributed by atoms with Gasteiger partial charge in [0.25, 0.3) is 0 Å². The summed E-state index contributed by atoms with van der Waals surface area (Å²) in [4.78, 5) is 0. The predicted octanol–water partition coefficient (Wildman–Crippen LogP) is 6.83. The van der Waals surface area contributed by atoms with Crippen LogP contribution in [0.1, 0.15) is 25.3 Å². The molecule has 0 bridgehead atoms.